The molecule has 2 aliphatic heterocycles. The Morgan fingerprint density at radius 3 is 1.58 bits per heavy atom. The molecule has 0 atom stereocenters. The van der Waals surface area contributed by atoms with Crippen molar-refractivity contribution in [2.45, 2.75) is 0 Å². The Hall–Kier alpha value is -5.12. The number of amides is 2. The second-order valence-corrected chi connectivity index (χ2v) is 7.60. The Morgan fingerprint density at radius 2 is 1.24 bits per heavy atom. The number of nitro groups is 2. The zero-order valence-corrected chi connectivity index (χ0v) is 20.1. The number of nitrogens with two attached hydrogens (primary N) is 1. The predicted octanol–water partition coefficient (Wildman–Crippen LogP) is 3.21. The van der Waals surface area contributed by atoms with Gasteiger partial charge in [0.25, 0.3) is 11.4 Å². The quantitative estimate of drug-likeness (QED) is 0.284. The van der Waals surface area contributed by atoms with E-state index < -0.39 is 15.9 Å². The lowest BCUT2D eigenvalue weighted by molar-refractivity contribution is -0.385. The highest BCUT2D eigenvalue weighted by molar-refractivity contribution is 6.29. The summed E-state index contributed by atoms with van der Waals surface area (Å²) in [5, 5.41) is 20.6. The van der Waals surface area contributed by atoms with E-state index in [1.165, 1.54) is 40.3 Å². The summed E-state index contributed by atoms with van der Waals surface area (Å²) >= 11 is 5.38. The van der Waals surface area contributed by atoms with Gasteiger partial charge in [-0.05, 0) is 24.3 Å². The number of carbonyl (C=O) groups is 2. The second-order valence-electron chi connectivity index (χ2n) is 7.21. The molecule has 0 unspecified atom stereocenters. The third-order valence-corrected chi connectivity index (χ3v) is 4.93. The van der Waals surface area contributed by atoms with Crippen molar-refractivity contribution in [2.75, 3.05) is 41.8 Å². The fourth-order valence-electron chi connectivity index (χ4n) is 2.88. The number of anilines is 3. The van der Waals surface area contributed by atoms with Crippen LogP contribution in [-0.4, -0.2) is 63.3 Å². The molecule has 0 spiro atoms. The van der Waals surface area contributed by atoms with E-state index in [1.807, 2.05) is 0 Å². The lowest BCUT2D eigenvalue weighted by Gasteiger charge is -2.10. The molecule has 2 saturated heterocycles. The van der Waals surface area contributed by atoms with E-state index in [4.69, 9.17) is 26.8 Å². The standard InChI is InChI=1S/C8H7N3O4.C8H9N3O2.C5H3ClN2O2/c12-8-10(3-4-15-8)7-2-1-6(5-9-7)11(13)14;9-6-1-2-7(10-5-6)11-3-4-13-8(11)12;6-5-2-1-4(3-7-5)8(9)10/h1-2,5H,3-4H2;1-2,5H,3-4,9H2;1-3H. The van der Waals surface area contributed by atoms with Crippen molar-refractivity contribution >= 4 is 52.5 Å². The van der Waals surface area contributed by atoms with E-state index in [0.29, 0.717) is 43.6 Å². The molecule has 3 aromatic rings. The van der Waals surface area contributed by atoms with Crippen molar-refractivity contribution in [3.63, 3.8) is 0 Å². The molecular weight excluding hydrogens is 528 g/mol. The van der Waals surface area contributed by atoms with Crippen LogP contribution in [-0.2, 0) is 9.47 Å². The molecule has 2 fully saturated rings. The average Bonchev–Trinajstić information content (AvgIpc) is 3.53. The molecule has 0 aromatic carbocycles. The van der Waals surface area contributed by atoms with Crippen molar-refractivity contribution in [2.24, 2.45) is 0 Å². The zero-order chi connectivity index (χ0) is 27.7. The van der Waals surface area contributed by atoms with E-state index in [-0.39, 0.29) is 22.6 Å². The number of ether oxygens (including phenoxy) is 2. The smallest absolute Gasteiger partial charge is 0.415 e. The molecule has 38 heavy (non-hydrogen) atoms. The normalized spacial score (nSPS) is 13.9. The minimum Gasteiger partial charge on any atom is -0.447 e. The van der Waals surface area contributed by atoms with Gasteiger partial charge >= 0.3 is 12.2 Å². The van der Waals surface area contributed by atoms with Crippen LogP contribution in [0.25, 0.3) is 0 Å². The molecule has 2 N–H and O–H groups in total. The molecule has 5 rings (SSSR count). The summed E-state index contributed by atoms with van der Waals surface area (Å²) in [4.78, 5) is 55.7. The topological polar surface area (TPSA) is 210 Å². The molecule has 5 heterocycles. The van der Waals surface area contributed by atoms with Gasteiger partial charge < -0.3 is 15.2 Å². The maximum absolute atomic E-state index is 11.1. The van der Waals surface area contributed by atoms with Crippen molar-refractivity contribution in [1.82, 2.24) is 15.0 Å². The highest BCUT2D eigenvalue weighted by Crippen LogP contribution is 2.19. The summed E-state index contributed by atoms with van der Waals surface area (Å²) < 4.78 is 9.48. The summed E-state index contributed by atoms with van der Waals surface area (Å²) in [7, 11) is 0. The van der Waals surface area contributed by atoms with Gasteiger partial charge in [0.15, 0.2) is 0 Å². The second kappa shape index (κ2) is 12.7. The number of rotatable bonds is 4. The van der Waals surface area contributed by atoms with Crippen LogP contribution in [0.4, 0.5) is 38.3 Å². The summed E-state index contributed by atoms with van der Waals surface area (Å²) in [6, 6.07) is 8.80. The Morgan fingerprint density at radius 1 is 0.763 bits per heavy atom. The molecule has 0 radical (unpaired) electrons. The number of pyridine rings is 3. The minimum atomic E-state index is -0.543. The first-order valence-corrected chi connectivity index (χ1v) is 11.0. The molecule has 2 aliphatic rings. The average molecular weight is 547 g/mol. The fraction of sp³-hybridized carbons (Fsp3) is 0.190. The van der Waals surface area contributed by atoms with Gasteiger partial charge in [0.2, 0.25) is 0 Å². The van der Waals surface area contributed by atoms with Crippen LogP contribution >= 0.6 is 11.6 Å². The first kappa shape index (κ1) is 27.5. The maximum atomic E-state index is 11.1. The van der Waals surface area contributed by atoms with Gasteiger partial charge in [0, 0.05) is 12.1 Å². The largest absolute Gasteiger partial charge is 0.447 e. The maximum Gasteiger partial charge on any atom is 0.415 e. The molecule has 2 amide bonds. The molecule has 0 aliphatic carbocycles. The van der Waals surface area contributed by atoms with Crippen LogP contribution in [0, 0.1) is 20.2 Å². The Kier molecular flexibility index (Phi) is 9.20. The molecule has 198 valence electrons. The van der Waals surface area contributed by atoms with Crippen LogP contribution in [0.5, 0.6) is 0 Å². The number of hydrogen-bond acceptors (Lipinski definition) is 12. The van der Waals surface area contributed by atoms with Crippen molar-refractivity contribution < 1.29 is 28.9 Å². The van der Waals surface area contributed by atoms with Crippen molar-refractivity contribution in [3.05, 3.63) is 80.4 Å². The highest BCUT2D eigenvalue weighted by Gasteiger charge is 2.25. The first-order chi connectivity index (χ1) is 18.2. The zero-order valence-electron chi connectivity index (χ0n) is 19.4. The summed E-state index contributed by atoms with van der Waals surface area (Å²) in [6.45, 7) is 1.71. The third-order valence-electron chi connectivity index (χ3n) is 4.71. The SMILES string of the molecule is Nc1ccc(N2CCOC2=O)nc1.O=C1OCCN1c1ccc([N+](=O)[O-])cn1.O=[N+]([O-])c1ccc(Cl)nc1. The van der Waals surface area contributed by atoms with E-state index >= 15 is 0 Å². The Labute approximate surface area is 218 Å². The minimum absolute atomic E-state index is 0.0515. The van der Waals surface area contributed by atoms with Gasteiger partial charge in [-0.25, -0.2) is 24.5 Å². The van der Waals surface area contributed by atoms with E-state index in [0.717, 1.165) is 12.4 Å². The fourth-order valence-corrected chi connectivity index (χ4v) is 2.99. The van der Waals surface area contributed by atoms with Crippen molar-refractivity contribution in [3.8, 4) is 0 Å². The number of halogens is 1. The summed E-state index contributed by atoms with van der Waals surface area (Å²) in [6.07, 6.45) is 2.91. The van der Waals surface area contributed by atoms with Crippen molar-refractivity contribution in [1.29, 1.82) is 0 Å². The molecule has 0 saturated carbocycles. The van der Waals surface area contributed by atoms with Crippen LogP contribution in [0.3, 0.4) is 0 Å². The molecule has 17 heteroatoms. The van der Waals surface area contributed by atoms with Gasteiger partial charge in [0.1, 0.15) is 42.4 Å². The lowest BCUT2D eigenvalue weighted by Crippen LogP contribution is -2.24. The van der Waals surface area contributed by atoms with E-state index in [1.54, 1.807) is 12.1 Å². The van der Waals surface area contributed by atoms with Gasteiger partial charge in [-0.3, -0.25) is 30.0 Å². The van der Waals surface area contributed by atoms with Gasteiger partial charge in [-0.2, -0.15) is 0 Å². The van der Waals surface area contributed by atoms with Gasteiger partial charge in [0.05, 0.1) is 34.8 Å². The number of cyclic esters (lactones) is 2. The lowest BCUT2D eigenvalue weighted by atomic mass is 10.4. The summed E-state index contributed by atoms with van der Waals surface area (Å²) in [5.41, 5.74) is 5.89. The van der Waals surface area contributed by atoms with Crippen LogP contribution in [0.2, 0.25) is 5.15 Å². The summed E-state index contributed by atoms with van der Waals surface area (Å²) in [5.74, 6) is 0.944. The number of hydrogen-bond donors (Lipinski definition) is 1. The third kappa shape index (κ3) is 7.44. The Balaban J connectivity index is 0.000000161. The molecular formula is C21H19ClN8O8. The van der Waals surface area contributed by atoms with Crippen LogP contribution < -0.4 is 15.5 Å². The number of aromatic nitrogens is 3. The highest BCUT2D eigenvalue weighted by atomic mass is 35.5. The first-order valence-electron chi connectivity index (χ1n) is 10.6. The molecule has 3 aromatic heterocycles. The van der Waals surface area contributed by atoms with E-state index in [9.17, 15) is 29.8 Å². The Bertz CT molecular complexity index is 1290. The van der Waals surface area contributed by atoms with Crippen LogP contribution in [0.15, 0.2) is 55.0 Å². The van der Waals surface area contributed by atoms with Crippen LogP contribution in [0.1, 0.15) is 0 Å². The van der Waals surface area contributed by atoms with Gasteiger partial charge in [-0.1, -0.05) is 11.6 Å². The number of carbonyl (C=O) groups excluding carboxylic acids is 2. The van der Waals surface area contributed by atoms with Gasteiger partial charge in [-0.15, -0.1) is 0 Å². The number of nitrogen functional groups attached to an aromatic ring is 1. The molecule has 16 nitrogen and oxygen atoms in total. The monoisotopic (exact) mass is 546 g/mol. The predicted molar refractivity (Wildman–Crippen MR) is 133 cm³/mol. The van der Waals surface area contributed by atoms with E-state index in [2.05, 4.69) is 15.0 Å². The number of nitrogens with zero attached hydrogens (tertiary/aromatic N) is 7. The molecule has 0 bridgehead atoms.